The van der Waals surface area contributed by atoms with E-state index >= 15 is 0 Å². The summed E-state index contributed by atoms with van der Waals surface area (Å²) in [6.07, 6.45) is 8.96. The molecule has 6 heteroatoms. The minimum atomic E-state index is -0.162. The van der Waals surface area contributed by atoms with Gasteiger partial charge in [-0.1, -0.05) is 24.3 Å². The molecule has 1 aromatic carbocycles. The summed E-state index contributed by atoms with van der Waals surface area (Å²) in [4.78, 5) is 18.7. The molecule has 0 unspecified atom stereocenters. The van der Waals surface area contributed by atoms with Crippen molar-refractivity contribution in [1.29, 1.82) is 0 Å². The van der Waals surface area contributed by atoms with Gasteiger partial charge in [0, 0.05) is 18.9 Å². The molecule has 0 aliphatic carbocycles. The SMILES string of the molecule is C/C=C/c1ccc(OCC(=O)N(Cc2cccnc2)Cc2ccco2)c(OC)c1. The Morgan fingerprint density at radius 3 is 2.76 bits per heavy atom. The maximum absolute atomic E-state index is 12.9. The van der Waals surface area contributed by atoms with Gasteiger partial charge >= 0.3 is 0 Å². The maximum Gasteiger partial charge on any atom is 0.261 e. The number of allylic oxidation sites excluding steroid dienone is 1. The van der Waals surface area contributed by atoms with E-state index in [4.69, 9.17) is 13.9 Å². The van der Waals surface area contributed by atoms with Gasteiger partial charge in [-0.2, -0.15) is 0 Å². The van der Waals surface area contributed by atoms with Crippen LogP contribution in [-0.4, -0.2) is 29.5 Å². The van der Waals surface area contributed by atoms with Crippen LogP contribution in [0.2, 0.25) is 0 Å². The van der Waals surface area contributed by atoms with Gasteiger partial charge in [0.15, 0.2) is 18.1 Å². The van der Waals surface area contributed by atoms with Crippen molar-refractivity contribution >= 4 is 12.0 Å². The third kappa shape index (κ3) is 5.72. The monoisotopic (exact) mass is 392 g/mol. The zero-order valence-corrected chi connectivity index (χ0v) is 16.6. The van der Waals surface area contributed by atoms with Crippen molar-refractivity contribution in [2.45, 2.75) is 20.0 Å². The minimum Gasteiger partial charge on any atom is -0.493 e. The van der Waals surface area contributed by atoms with E-state index in [1.165, 1.54) is 0 Å². The topological polar surface area (TPSA) is 64.8 Å². The van der Waals surface area contributed by atoms with Crippen molar-refractivity contribution in [3.05, 3.63) is 84.1 Å². The van der Waals surface area contributed by atoms with Gasteiger partial charge < -0.3 is 18.8 Å². The average molecular weight is 392 g/mol. The summed E-state index contributed by atoms with van der Waals surface area (Å²) in [5.41, 5.74) is 1.93. The van der Waals surface area contributed by atoms with E-state index in [1.807, 2.05) is 49.4 Å². The molecule has 2 aromatic heterocycles. The summed E-state index contributed by atoms with van der Waals surface area (Å²) in [5, 5.41) is 0. The van der Waals surface area contributed by atoms with Crippen molar-refractivity contribution in [2.75, 3.05) is 13.7 Å². The minimum absolute atomic E-state index is 0.111. The maximum atomic E-state index is 12.9. The molecular formula is C23H24N2O4. The summed E-state index contributed by atoms with van der Waals surface area (Å²) < 4.78 is 16.6. The molecule has 0 saturated carbocycles. The Labute approximate surface area is 170 Å². The van der Waals surface area contributed by atoms with Crippen LogP contribution in [0, 0.1) is 0 Å². The molecule has 0 atom stereocenters. The van der Waals surface area contributed by atoms with Crippen molar-refractivity contribution in [3.8, 4) is 11.5 Å². The Kier molecular flexibility index (Phi) is 7.05. The van der Waals surface area contributed by atoms with Crippen molar-refractivity contribution in [2.24, 2.45) is 0 Å². The summed E-state index contributed by atoms with van der Waals surface area (Å²) in [7, 11) is 1.58. The van der Waals surface area contributed by atoms with Crippen LogP contribution in [0.15, 0.2) is 71.6 Å². The number of rotatable bonds is 9. The highest BCUT2D eigenvalue weighted by molar-refractivity contribution is 5.78. The second-order valence-corrected chi connectivity index (χ2v) is 6.39. The van der Waals surface area contributed by atoms with Crippen LogP contribution < -0.4 is 9.47 Å². The quantitative estimate of drug-likeness (QED) is 0.542. The van der Waals surface area contributed by atoms with Gasteiger partial charge in [-0.25, -0.2) is 0 Å². The predicted molar refractivity (Wildman–Crippen MR) is 110 cm³/mol. The number of hydrogen-bond acceptors (Lipinski definition) is 5. The first-order valence-corrected chi connectivity index (χ1v) is 9.32. The lowest BCUT2D eigenvalue weighted by molar-refractivity contribution is -0.134. The number of carbonyl (C=O) groups is 1. The molecule has 0 bridgehead atoms. The van der Waals surface area contributed by atoms with E-state index < -0.39 is 0 Å². The van der Waals surface area contributed by atoms with Crippen LogP contribution in [-0.2, 0) is 17.9 Å². The molecule has 0 saturated heterocycles. The second-order valence-electron chi connectivity index (χ2n) is 6.39. The van der Waals surface area contributed by atoms with Gasteiger partial charge in [-0.3, -0.25) is 9.78 Å². The zero-order chi connectivity index (χ0) is 20.5. The molecule has 0 aliphatic heterocycles. The van der Waals surface area contributed by atoms with Crippen LogP contribution in [0.25, 0.3) is 6.08 Å². The lowest BCUT2D eigenvalue weighted by atomic mass is 10.2. The van der Waals surface area contributed by atoms with Gasteiger partial charge in [0.25, 0.3) is 5.91 Å². The number of nitrogens with zero attached hydrogens (tertiary/aromatic N) is 2. The van der Waals surface area contributed by atoms with Gasteiger partial charge in [0.2, 0.25) is 0 Å². The van der Waals surface area contributed by atoms with Gasteiger partial charge in [-0.05, 0) is 48.4 Å². The van der Waals surface area contributed by atoms with E-state index in [-0.39, 0.29) is 12.5 Å². The highest BCUT2D eigenvalue weighted by Crippen LogP contribution is 2.28. The number of pyridine rings is 1. The van der Waals surface area contributed by atoms with Crippen LogP contribution in [0.4, 0.5) is 0 Å². The average Bonchev–Trinajstić information content (AvgIpc) is 3.26. The van der Waals surface area contributed by atoms with Crippen molar-refractivity contribution in [1.82, 2.24) is 9.88 Å². The summed E-state index contributed by atoms with van der Waals surface area (Å²) in [6, 6.07) is 13.0. The molecular weight excluding hydrogens is 368 g/mol. The molecule has 0 N–H and O–H groups in total. The van der Waals surface area contributed by atoms with Gasteiger partial charge in [0.05, 0.1) is 19.9 Å². The van der Waals surface area contributed by atoms with Crippen LogP contribution in [0.5, 0.6) is 11.5 Å². The van der Waals surface area contributed by atoms with Crippen molar-refractivity contribution < 1.29 is 18.7 Å². The molecule has 2 heterocycles. The summed E-state index contributed by atoms with van der Waals surface area (Å²) >= 11 is 0. The lowest BCUT2D eigenvalue weighted by Gasteiger charge is -2.22. The van der Waals surface area contributed by atoms with E-state index in [0.717, 1.165) is 11.1 Å². The number of ether oxygens (including phenoxy) is 2. The van der Waals surface area contributed by atoms with Crippen molar-refractivity contribution in [3.63, 3.8) is 0 Å². The van der Waals surface area contributed by atoms with E-state index in [2.05, 4.69) is 4.98 Å². The fourth-order valence-electron chi connectivity index (χ4n) is 2.87. The molecule has 1 amide bonds. The van der Waals surface area contributed by atoms with Crippen LogP contribution in [0.1, 0.15) is 23.8 Å². The number of benzene rings is 1. The predicted octanol–water partition coefficient (Wildman–Crippen LogP) is 4.32. The third-order valence-corrected chi connectivity index (χ3v) is 4.27. The Morgan fingerprint density at radius 2 is 2.07 bits per heavy atom. The highest BCUT2D eigenvalue weighted by Gasteiger charge is 2.18. The Morgan fingerprint density at radius 1 is 1.17 bits per heavy atom. The first-order valence-electron chi connectivity index (χ1n) is 9.32. The van der Waals surface area contributed by atoms with E-state index in [9.17, 15) is 4.79 Å². The number of aromatic nitrogens is 1. The van der Waals surface area contributed by atoms with Crippen LogP contribution in [0.3, 0.4) is 0 Å². The summed E-state index contributed by atoms with van der Waals surface area (Å²) in [5.74, 6) is 1.65. The molecule has 150 valence electrons. The van der Waals surface area contributed by atoms with Gasteiger partial charge in [0.1, 0.15) is 5.76 Å². The summed E-state index contributed by atoms with van der Waals surface area (Å²) in [6.45, 7) is 2.60. The fraction of sp³-hybridized carbons (Fsp3) is 0.217. The Bertz CT molecular complexity index is 937. The molecule has 29 heavy (non-hydrogen) atoms. The Balaban J connectivity index is 1.70. The number of furan rings is 1. The van der Waals surface area contributed by atoms with Crippen LogP contribution >= 0.6 is 0 Å². The highest BCUT2D eigenvalue weighted by atomic mass is 16.5. The number of hydrogen-bond donors (Lipinski definition) is 0. The molecule has 3 aromatic rings. The zero-order valence-electron chi connectivity index (χ0n) is 16.6. The fourth-order valence-corrected chi connectivity index (χ4v) is 2.87. The number of methoxy groups -OCH3 is 1. The van der Waals surface area contributed by atoms with E-state index in [1.54, 1.807) is 42.8 Å². The lowest BCUT2D eigenvalue weighted by Crippen LogP contribution is -2.34. The number of amides is 1. The first-order chi connectivity index (χ1) is 14.2. The third-order valence-electron chi connectivity index (χ3n) is 4.27. The van der Waals surface area contributed by atoms with E-state index in [0.29, 0.717) is 30.3 Å². The number of carbonyl (C=O) groups excluding carboxylic acids is 1. The molecule has 0 fully saturated rings. The normalized spacial score (nSPS) is 10.8. The smallest absolute Gasteiger partial charge is 0.261 e. The molecule has 6 nitrogen and oxygen atoms in total. The Hall–Kier alpha value is -3.54. The first kappa shape index (κ1) is 20.2. The molecule has 0 spiro atoms. The second kappa shape index (κ2) is 10.1. The molecule has 0 aliphatic rings. The standard InChI is InChI=1S/C23H24N2O4/c1-3-6-18-9-10-21(22(13-18)27-2)29-17-23(26)25(16-20-8-5-12-28-20)15-19-7-4-11-24-14-19/h3-14H,15-17H2,1-2H3/b6-3+. The molecule has 0 radical (unpaired) electrons. The molecule has 3 rings (SSSR count). The van der Waals surface area contributed by atoms with Gasteiger partial charge in [-0.15, -0.1) is 0 Å². The largest absolute Gasteiger partial charge is 0.493 e.